The largest absolute Gasteiger partial charge is 0.314 e. The zero-order valence-corrected chi connectivity index (χ0v) is 8.21. The minimum atomic E-state index is 0.909. The lowest BCUT2D eigenvalue weighted by Gasteiger charge is -2.27. The van der Waals surface area contributed by atoms with E-state index in [0.717, 1.165) is 39.3 Å². The van der Waals surface area contributed by atoms with Gasteiger partial charge in [-0.25, -0.2) is 0 Å². The summed E-state index contributed by atoms with van der Waals surface area (Å²) in [6, 6.07) is 0. The van der Waals surface area contributed by atoms with Gasteiger partial charge in [0.2, 0.25) is 0 Å². The first kappa shape index (κ1) is 10.4. The Balaban J connectivity index is 2.40. The molecule has 0 amide bonds. The van der Waals surface area contributed by atoms with Crippen LogP contribution in [0.25, 0.3) is 0 Å². The SMILES string of the molecule is C=CC[N+](CC=C)N1CCNCC1. The Morgan fingerprint density at radius 1 is 1.15 bits per heavy atom. The molecule has 13 heavy (non-hydrogen) atoms. The number of nitrogens with zero attached hydrogens (tertiary/aromatic N) is 2. The summed E-state index contributed by atoms with van der Waals surface area (Å²) in [5, 5.41) is 7.97. The van der Waals surface area contributed by atoms with E-state index in [-0.39, 0.29) is 0 Å². The van der Waals surface area contributed by atoms with Crippen LogP contribution in [-0.4, -0.2) is 44.3 Å². The summed E-state index contributed by atoms with van der Waals surface area (Å²) in [6.07, 6.45) is 3.87. The standard InChI is InChI=1S/C10H19N3/c1-3-7-12(8-4-2)13-9-5-11-6-10-13/h3-4,11H,1-2,5-10H2/q+1. The number of hydrogen-bond donors (Lipinski definition) is 1. The maximum Gasteiger partial charge on any atom is 0.163 e. The summed E-state index contributed by atoms with van der Waals surface area (Å²) in [7, 11) is 0. The van der Waals surface area contributed by atoms with E-state index in [1.165, 1.54) is 0 Å². The third-order valence-electron chi connectivity index (χ3n) is 2.17. The van der Waals surface area contributed by atoms with Gasteiger partial charge in [-0.3, -0.25) is 0 Å². The molecule has 1 radical (unpaired) electrons. The van der Waals surface area contributed by atoms with Crippen molar-refractivity contribution in [2.24, 2.45) is 0 Å². The number of hydrazine groups is 1. The molecule has 0 atom stereocenters. The molecule has 73 valence electrons. The molecule has 1 saturated heterocycles. The summed E-state index contributed by atoms with van der Waals surface area (Å²) in [5.74, 6) is 0. The number of rotatable bonds is 5. The second-order valence-electron chi connectivity index (χ2n) is 3.15. The Bertz CT molecular complexity index is 152. The highest BCUT2D eigenvalue weighted by atomic mass is 15.6. The van der Waals surface area contributed by atoms with Crippen LogP contribution in [-0.2, 0) is 0 Å². The molecule has 0 bridgehead atoms. The van der Waals surface area contributed by atoms with Crippen LogP contribution in [0.3, 0.4) is 0 Å². The van der Waals surface area contributed by atoms with Gasteiger partial charge in [-0.2, -0.15) is 0 Å². The van der Waals surface area contributed by atoms with Gasteiger partial charge in [0.25, 0.3) is 0 Å². The van der Waals surface area contributed by atoms with E-state index in [1.807, 2.05) is 12.2 Å². The van der Waals surface area contributed by atoms with Crippen LogP contribution >= 0.6 is 0 Å². The molecule has 1 aliphatic heterocycles. The Labute approximate surface area is 80.7 Å². The fourth-order valence-corrected chi connectivity index (χ4v) is 1.54. The summed E-state index contributed by atoms with van der Waals surface area (Å²) in [5.41, 5.74) is 0. The number of piperazine rings is 1. The molecule has 0 spiro atoms. The molecule has 0 aromatic heterocycles. The normalized spacial score (nSPS) is 18.8. The van der Waals surface area contributed by atoms with Gasteiger partial charge in [0, 0.05) is 13.1 Å². The lowest BCUT2D eigenvalue weighted by molar-refractivity contribution is 0.0719. The molecule has 0 aliphatic carbocycles. The average Bonchev–Trinajstić information content (AvgIpc) is 2.19. The smallest absolute Gasteiger partial charge is 0.163 e. The van der Waals surface area contributed by atoms with Crippen LogP contribution in [0.4, 0.5) is 0 Å². The summed E-state index contributed by atoms with van der Waals surface area (Å²) in [6.45, 7) is 13.7. The van der Waals surface area contributed by atoms with Gasteiger partial charge in [-0.05, 0) is 12.2 Å². The van der Waals surface area contributed by atoms with Gasteiger partial charge in [0.15, 0.2) is 13.1 Å². The molecule has 1 N–H and O–H groups in total. The van der Waals surface area contributed by atoms with Crippen LogP contribution < -0.4 is 10.3 Å². The van der Waals surface area contributed by atoms with E-state index in [1.54, 1.807) is 0 Å². The lowest BCUT2D eigenvalue weighted by atomic mass is 10.4. The summed E-state index contributed by atoms with van der Waals surface area (Å²) < 4.78 is 0. The third kappa shape index (κ3) is 3.30. The zero-order chi connectivity index (χ0) is 9.52. The van der Waals surface area contributed by atoms with Gasteiger partial charge < -0.3 is 5.32 Å². The van der Waals surface area contributed by atoms with Crippen LogP contribution in [0.5, 0.6) is 0 Å². The molecule has 0 aromatic rings. The Kier molecular flexibility index (Phi) is 4.75. The zero-order valence-electron chi connectivity index (χ0n) is 8.21. The Hall–Kier alpha value is -0.640. The van der Waals surface area contributed by atoms with Crippen molar-refractivity contribution in [3.05, 3.63) is 25.3 Å². The lowest BCUT2D eigenvalue weighted by Crippen LogP contribution is -2.55. The van der Waals surface area contributed by atoms with E-state index in [0.29, 0.717) is 0 Å². The highest BCUT2D eigenvalue weighted by Gasteiger charge is 2.24. The topological polar surface area (TPSA) is 21.2 Å². The van der Waals surface area contributed by atoms with Gasteiger partial charge in [-0.1, -0.05) is 18.2 Å². The number of hydrogen-bond acceptors (Lipinski definition) is 3. The van der Waals surface area contributed by atoms with Gasteiger partial charge in [-0.15, -0.1) is 5.01 Å². The minimum absolute atomic E-state index is 0.909. The van der Waals surface area contributed by atoms with Crippen molar-refractivity contribution in [1.82, 2.24) is 15.3 Å². The number of nitrogens with one attached hydrogen (secondary N) is 1. The average molecular weight is 181 g/mol. The third-order valence-corrected chi connectivity index (χ3v) is 2.17. The van der Waals surface area contributed by atoms with Crippen LogP contribution in [0.15, 0.2) is 25.3 Å². The van der Waals surface area contributed by atoms with Crippen LogP contribution in [0, 0.1) is 0 Å². The maximum atomic E-state index is 3.76. The van der Waals surface area contributed by atoms with Crippen molar-refractivity contribution in [2.75, 3.05) is 39.3 Å². The Morgan fingerprint density at radius 2 is 1.69 bits per heavy atom. The van der Waals surface area contributed by atoms with E-state index >= 15 is 0 Å². The molecule has 0 unspecified atom stereocenters. The van der Waals surface area contributed by atoms with Crippen molar-refractivity contribution in [3.8, 4) is 0 Å². The first-order chi connectivity index (χ1) is 6.38. The molecule has 3 nitrogen and oxygen atoms in total. The highest BCUT2D eigenvalue weighted by molar-refractivity contribution is 4.83. The second-order valence-corrected chi connectivity index (χ2v) is 3.15. The van der Waals surface area contributed by atoms with Crippen molar-refractivity contribution < 1.29 is 0 Å². The molecule has 1 heterocycles. The summed E-state index contributed by atoms with van der Waals surface area (Å²) >= 11 is 0. The monoisotopic (exact) mass is 181 g/mol. The molecular formula is C10H19N3+. The van der Waals surface area contributed by atoms with E-state index < -0.39 is 0 Å². The van der Waals surface area contributed by atoms with Crippen LogP contribution in [0.2, 0.25) is 0 Å². The minimum Gasteiger partial charge on any atom is -0.314 e. The molecule has 1 fully saturated rings. The Morgan fingerprint density at radius 3 is 2.15 bits per heavy atom. The van der Waals surface area contributed by atoms with E-state index in [9.17, 15) is 0 Å². The van der Waals surface area contributed by atoms with Crippen LogP contribution in [0.1, 0.15) is 0 Å². The second kappa shape index (κ2) is 5.91. The van der Waals surface area contributed by atoms with Gasteiger partial charge in [0.05, 0.1) is 13.1 Å². The van der Waals surface area contributed by atoms with E-state index in [2.05, 4.69) is 28.5 Å². The van der Waals surface area contributed by atoms with E-state index in [4.69, 9.17) is 0 Å². The molecule has 3 heteroatoms. The fraction of sp³-hybridized carbons (Fsp3) is 0.600. The predicted molar refractivity (Wildman–Crippen MR) is 56.7 cm³/mol. The summed E-state index contributed by atoms with van der Waals surface area (Å²) in [4.78, 5) is 0. The molecule has 0 saturated carbocycles. The quantitative estimate of drug-likeness (QED) is 0.487. The fourth-order valence-electron chi connectivity index (χ4n) is 1.54. The molecular weight excluding hydrogens is 162 g/mol. The van der Waals surface area contributed by atoms with Crippen molar-refractivity contribution >= 4 is 0 Å². The first-order valence-electron chi connectivity index (χ1n) is 4.81. The van der Waals surface area contributed by atoms with Gasteiger partial charge >= 0.3 is 0 Å². The van der Waals surface area contributed by atoms with Crippen molar-refractivity contribution in [2.45, 2.75) is 0 Å². The van der Waals surface area contributed by atoms with Gasteiger partial charge in [0.1, 0.15) is 0 Å². The maximum absolute atomic E-state index is 3.76. The molecule has 1 aliphatic rings. The first-order valence-corrected chi connectivity index (χ1v) is 4.81. The van der Waals surface area contributed by atoms with Crippen molar-refractivity contribution in [3.63, 3.8) is 0 Å². The molecule has 0 aromatic carbocycles. The molecule has 1 rings (SSSR count). The highest BCUT2D eigenvalue weighted by Crippen LogP contribution is 1.97. The van der Waals surface area contributed by atoms with Crippen molar-refractivity contribution in [1.29, 1.82) is 0 Å². The predicted octanol–water partition coefficient (Wildman–Crippen LogP) is 0.319.